The monoisotopic (exact) mass is 371 g/mol. The molecule has 144 valence electrons. The summed E-state index contributed by atoms with van der Waals surface area (Å²) in [5, 5.41) is 8.91. The van der Waals surface area contributed by atoms with E-state index in [-0.39, 0.29) is 24.2 Å². The van der Waals surface area contributed by atoms with Gasteiger partial charge in [0, 0.05) is 38.5 Å². The van der Waals surface area contributed by atoms with Gasteiger partial charge in [-0.3, -0.25) is 9.59 Å². The highest BCUT2D eigenvalue weighted by Gasteiger charge is 2.32. The van der Waals surface area contributed by atoms with Crippen LogP contribution < -0.4 is 4.90 Å². The van der Waals surface area contributed by atoms with Crippen molar-refractivity contribution >= 4 is 29.0 Å². The molecule has 1 aromatic carbocycles. The Balaban J connectivity index is 1.30. The third kappa shape index (κ3) is 3.91. The highest BCUT2D eigenvalue weighted by molar-refractivity contribution is 5.79. The zero-order valence-corrected chi connectivity index (χ0v) is 15.3. The largest absolute Gasteiger partial charge is 0.481 e. The van der Waals surface area contributed by atoms with Crippen LogP contribution in [0.5, 0.6) is 0 Å². The molecule has 0 aliphatic carbocycles. The average molecular weight is 371 g/mol. The van der Waals surface area contributed by atoms with Gasteiger partial charge >= 0.3 is 5.97 Å². The first-order valence-corrected chi connectivity index (χ1v) is 9.71. The van der Waals surface area contributed by atoms with E-state index in [9.17, 15) is 9.59 Å². The maximum Gasteiger partial charge on any atom is 0.303 e. The van der Waals surface area contributed by atoms with Gasteiger partial charge in [0.05, 0.1) is 0 Å². The summed E-state index contributed by atoms with van der Waals surface area (Å²) in [5.41, 5.74) is 1.64. The van der Waals surface area contributed by atoms with E-state index in [0.717, 1.165) is 49.9 Å². The molecular weight excluding hydrogens is 346 g/mol. The molecule has 0 unspecified atom stereocenters. The van der Waals surface area contributed by atoms with Crippen molar-refractivity contribution in [3.63, 3.8) is 0 Å². The lowest BCUT2D eigenvalue weighted by molar-refractivity contribution is -0.139. The molecule has 27 heavy (non-hydrogen) atoms. The van der Waals surface area contributed by atoms with E-state index < -0.39 is 5.97 Å². The molecule has 0 spiro atoms. The second-order valence-corrected chi connectivity index (χ2v) is 7.59. The minimum atomic E-state index is -0.744. The number of amides is 1. The van der Waals surface area contributed by atoms with Gasteiger partial charge in [0.25, 0.3) is 6.01 Å². The van der Waals surface area contributed by atoms with Gasteiger partial charge in [-0.25, -0.2) is 0 Å². The molecule has 0 atom stereocenters. The van der Waals surface area contributed by atoms with E-state index in [2.05, 4.69) is 9.88 Å². The van der Waals surface area contributed by atoms with Crippen molar-refractivity contribution in [3.8, 4) is 0 Å². The summed E-state index contributed by atoms with van der Waals surface area (Å²) >= 11 is 0. The third-order valence-electron chi connectivity index (χ3n) is 5.79. The summed E-state index contributed by atoms with van der Waals surface area (Å²) in [7, 11) is 0. The number of hydrogen-bond donors (Lipinski definition) is 1. The summed E-state index contributed by atoms with van der Waals surface area (Å²) in [6, 6.07) is 8.36. The molecule has 0 radical (unpaired) electrons. The van der Waals surface area contributed by atoms with Crippen molar-refractivity contribution in [1.82, 2.24) is 9.88 Å². The lowest BCUT2D eigenvalue weighted by Crippen LogP contribution is -2.45. The molecule has 2 saturated heterocycles. The van der Waals surface area contributed by atoms with E-state index in [1.807, 2.05) is 29.2 Å². The van der Waals surface area contributed by atoms with Crippen LogP contribution in [0.25, 0.3) is 11.1 Å². The fraction of sp³-hybridized carbons (Fsp3) is 0.550. The Morgan fingerprint density at radius 1 is 1.07 bits per heavy atom. The topological polar surface area (TPSA) is 86.9 Å². The smallest absolute Gasteiger partial charge is 0.303 e. The number of aromatic nitrogens is 1. The van der Waals surface area contributed by atoms with Crippen LogP contribution in [0.1, 0.15) is 32.1 Å². The number of para-hydroxylation sites is 2. The molecule has 7 nitrogen and oxygen atoms in total. The van der Waals surface area contributed by atoms with Gasteiger partial charge in [0.2, 0.25) is 5.91 Å². The molecule has 0 bridgehead atoms. The maximum absolute atomic E-state index is 12.8. The van der Waals surface area contributed by atoms with Crippen LogP contribution in [0.3, 0.4) is 0 Å². The van der Waals surface area contributed by atoms with Crippen LogP contribution in [0.15, 0.2) is 28.7 Å². The summed E-state index contributed by atoms with van der Waals surface area (Å²) in [6.07, 6.45) is 3.39. The number of oxazole rings is 1. The summed E-state index contributed by atoms with van der Waals surface area (Å²) in [4.78, 5) is 32.2. The molecule has 1 amide bonds. The fourth-order valence-electron chi connectivity index (χ4n) is 4.18. The van der Waals surface area contributed by atoms with Gasteiger partial charge in [-0.05, 0) is 43.7 Å². The molecule has 2 fully saturated rings. The number of nitrogens with zero attached hydrogens (tertiary/aromatic N) is 3. The molecular formula is C20H25N3O4. The van der Waals surface area contributed by atoms with Crippen molar-refractivity contribution in [2.45, 2.75) is 32.1 Å². The van der Waals surface area contributed by atoms with Crippen molar-refractivity contribution < 1.29 is 19.1 Å². The Morgan fingerprint density at radius 3 is 2.44 bits per heavy atom. The number of aliphatic carboxylic acids is 1. The van der Waals surface area contributed by atoms with Crippen LogP contribution in [-0.2, 0) is 9.59 Å². The Bertz CT molecular complexity index is 784. The van der Waals surface area contributed by atoms with Gasteiger partial charge < -0.3 is 19.3 Å². The SMILES string of the molecule is O=C(O)CC1CCN(C(=O)C2CCN(c3nc4ccccc4o3)CC2)CC1. The Hall–Kier alpha value is -2.57. The highest BCUT2D eigenvalue weighted by atomic mass is 16.4. The Labute approximate surface area is 157 Å². The van der Waals surface area contributed by atoms with Crippen LogP contribution in [0.4, 0.5) is 6.01 Å². The first-order valence-electron chi connectivity index (χ1n) is 9.71. The second-order valence-electron chi connectivity index (χ2n) is 7.59. The summed E-state index contributed by atoms with van der Waals surface area (Å²) in [5.74, 6) is -0.276. The normalized spacial score (nSPS) is 19.6. The van der Waals surface area contributed by atoms with Gasteiger partial charge in [-0.15, -0.1) is 0 Å². The van der Waals surface area contributed by atoms with E-state index in [1.165, 1.54) is 0 Å². The maximum atomic E-state index is 12.8. The van der Waals surface area contributed by atoms with Gasteiger partial charge in [-0.1, -0.05) is 12.1 Å². The van der Waals surface area contributed by atoms with Gasteiger partial charge in [0.15, 0.2) is 5.58 Å². The molecule has 4 rings (SSSR count). The predicted molar refractivity (Wildman–Crippen MR) is 101 cm³/mol. The van der Waals surface area contributed by atoms with Crippen molar-refractivity contribution in [2.24, 2.45) is 11.8 Å². The first-order chi connectivity index (χ1) is 13.1. The molecule has 3 heterocycles. The number of benzene rings is 1. The number of carboxylic acids is 1. The number of likely N-dealkylation sites (tertiary alicyclic amines) is 1. The van der Waals surface area contributed by atoms with E-state index >= 15 is 0 Å². The van der Waals surface area contributed by atoms with E-state index in [4.69, 9.17) is 9.52 Å². The summed E-state index contributed by atoms with van der Waals surface area (Å²) < 4.78 is 5.83. The number of rotatable bonds is 4. The molecule has 2 aromatic rings. The number of carbonyl (C=O) groups excluding carboxylic acids is 1. The Kier molecular flexibility index (Phi) is 5.01. The minimum Gasteiger partial charge on any atom is -0.481 e. The van der Waals surface area contributed by atoms with Crippen LogP contribution in [0, 0.1) is 11.8 Å². The molecule has 2 aliphatic rings. The van der Waals surface area contributed by atoms with E-state index in [0.29, 0.717) is 19.1 Å². The number of carboxylic acid groups (broad SMARTS) is 1. The molecule has 1 aromatic heterocycles. The number of piperidine rings is 2. The quantitative estimate of drug-likeness (QED) is 0.889. The van der Waals surface area contributed by atoms with Crippen molar-refractivity contribution in [2.75, 3.05) is 31.1 Å². The van der Waals surface area contributed by atoms with Gasteiger partial charge in [-0.2, -0.15) is 4.98 Å². The number of carbonyl (C=O) groups is 2. The number of hydrogen-bond acceptors (Lipinski definition) is 5. The van der Waals surface area contributed by atoms with Crippen molar-refractivity contribution in [1.29, 1.82) is 0 Å². The van der Waals surface area contributed by atoms with Crippen LogP contribution in [0.2, 0.25) is 0 Å². The second kappa shape index (κ2) is 7.58. The lowest BCUT2D eigenvalue weighted by atomic mass is 9.91. The lowest BCUT2D eigenvalue weighted by Gasteiger charge is -2.36. The summed E-state index contributed by atoms with van der Waals surface area (Å²) in [6.45, 7) is 2.89. The fourth-order valence-corrected chi connectivity index (χ4v) is 4.18. The number of fused-ring (bicyclic) bond motifs is 1. The van der Waals surface area contributed by atoms with E-state index in [1.54, 1.807) is 0 Å². The van der Waals surface area contributed by atoms with Crippen LogP contribution >= 0.6 is 0 Å². The van der Waals surface area contributed by atoms with Crippen molar-refractivity contribution in [3.05, 3.63) is 24.3 Å². The molecule has 2 aliphatic heterocycles. The first kappa shape index (κ1) is 17.8. The standard InChI is InChI=1S/C20H25N3O4/c24-18(25)13-14-5-9-22(10-6-14)19(26)15-7-11-23(12-8-15)20-21-16-3-1-2-4-17(16)27-20/h1-4,14-15H,5-13H2,(H,24,25). The zero-order chi connectivity index (χ0) is 18.8. The van der Waals surface area contributed by atoms with Gasteiger partial charge in [0.1, 0.15) is 5.52 Å². The highest BCUT2D eigenvalue weighted by Crippen LogP contribution is 2.28. The third-order valence-corrected chi connectivity index (χ3v) is 5.79. The Morgan fingerprint density at radius 2 is 1.78 bits per heavy atom. The molecule has 7 heteroatoms. The average Bonchev–Trinajstić information content (AvgIpc) is 3.12. The predicted octanol–water partition coefficient (Wildman–Crippen LogP) is 2.76. The minimum absolute atomic E-state index is 0.0432. The zero-order valence-electron chi connectivity index (χ0n) is 15.3. The number of anilines is 1. The molecule has 0 saturated carbocycles. The molecule has 1 N–H and O–H groups in total. The van der Waals surface area contributed by atoms with Crippen LogP contribution in [-0.4, -0.2) is 53.0 Å².